The fourth-order valence-electron chi connectivity index (χ4n) is 2.91. The largest absolute Gasteiger partial charge is 0.459 e. The lowest BCUT2D eigenvalue weighted by Gasteiger charge is -2.37. The zero-order valence-electron chi connectivity index (χ0n) is 12.0. The molecule has 5 nitrogen and oxygen atoms in total. The summed E-state index contributed by atoms with van der Waals surface area (Å²) < 4.78 is 5.47. The van der Waals surface area contributed by atoms with Crippen LogP contribution in [-0.2, 0) is 4.74 Å². The van der Waals surface area contributed by atoms with Crippen molar-refractivity contribution in [1.29, 1.82) is 0 Å². The quantitative estimate of drug-likeness (QED) is 0.887. The maximum absolute atomic E-state index is 5.55. The van der Waals surface area contributed by atoms with Gasteiger partial charge in [-0.05, 0) is 18.6 Å². The second-order valence-electron chi connectivity index (χ2n) is 5.49. The average molecular weight is 274 g/mol. The number of nitrogens with zero attached hydrogens (tertiary/aromatic N) is 3. The second kappa shape index (κ2) is 5.71. The van der Waals surface area contributed by atoms with Crippen molar-refractivity contribution < 1.29 is 4.74 Å². The molecule has 108 valence electrons. The predicted octanol–water partition coefficient (Wildman–Crippen LogP) is 0.831. The van der Waals surface area contributed by atoms with Gasteiger partial charge in [0.15, 0.2) is 0 Å². The van der Waals surface area contributed by atoms with Crippen molar-refractivity contribution in [1.82, 2.24) is 4.90 Å². The van der Waals surface area contributed by atoms with Crippen LogP contribution in [0, 0.1) is 6.92 Å². The number of hydrogen-bond acceptors (Lipinski definition) is 5. The number of benzene rings is 1. The van der Waals surface area contributed by atoms with E-state index in [1.165, 1.54) is 11.3 Å². The summed E-state index contributed by atoms with van der Waals surface area (Å²) in [5.41, 5.74) is 8.25. The molecule has 1 atom stereocenters. The number of para-hydroxylation sites is 1. The van der Waals surface area contributed by atoms with Gasteiger partial charge in [-0.3, -0.25) is 4.90 Å². The summed E-state index contributed by atoms with van der Waals surface area (Å²) in [5.74, 6) is 0. The maximum Gasteiger partial charge on any atom is 0.282 e. The molecule has 3 rings (SSSR count). The third-order valence-corrected chi connectivity index (χ3v) is 4.03. The molecule has 1 saturated heterocycles. The van der Waals surface area contributed by atoms with E-state index in [0.717, 1.165) is 32.7 Å². The third-order valence-electron chi connectivity index (χ3n) is 4.03. The van der Waals surface area contributed by atoms with E-state index in [-0.39, 0.29) is 6.10 Å². The van der Waals surface area contributed by atoms with E-state index < -0.39 is 0 Å². The van der Waals surface area contributed by atoms with E-state index in [0.29, 0.717) is 12.6 Å². The highest BCUT2D eigenvalue weighted by Gasteiger charge is 2.24. The smallest absolute Gasteiger partial charge is 0.282 e. The van der Waals surface area contributed by atoms with Crippen LogP contribution in [0.15, 0.2) is 29.3 Å². The molecule has 0 amide bonds. The predicted molar refractivity (Wildman–Crippen MR) is 81.2 cm³/mol. The fourth-order valence-corrected chi connectivity index (χ4v) is 2.91. The second-order valence-corrected chi connectivity index (χ2v) is 5.49. The van der Waals surface area contributed by atoms with Crippen molar-refractivity contribution >= 4 is 11.7 Å². The lowest BCUT2D eigenvalue weighted by Crippen LogP contribution is -2.49. The zero-order valence-corrected chi connectivity index (χ0v) is 12.0. The van der Waals surface area contributed by atoms with Gasteiger partial charge < -0.3 is 15.4 Å². The number of piperazine rings is 1. The molecule has 0 bridgehead atoms. The van der Waals surface area contributed by atoms with Gasteiger partial charge in [0, 0.05) is 38.4 Å². The molecule has 5 heteroatoms. The number of aryl methyl sites for hydroxylation is 1. The maximum atomic E-state index is 5.55. The Morgan fingerprint density at radius 3 is 2.65 bits per heavy atom. The number of nitrogens with two attached hydrogens (primary N) is 1. The van der Waals surface area contributed by atoms with Gasteiger partial charge >= 0.3 is 0 Å². The zero-order chi connectivity index (χ0) is 13.9. The summed E-state index contributed by atoms with van der Waals surface area (Å²) in [6.45, 7) is 8.05. The molecular formula is C15H22N4O. The van der Waals surface area contributed by atoms with E-state index in [9.17, 15) is 0 Å². The molecule has 2 heterocycles. The minimum atomic E-state index is 0.139. The first kappa shape index (κ1) is 13.2. The van der Waals surface area contributed by atoms with Crippen molar-refractivity contribution in [2.45, 2.75) is 13.0 Å². The number of amidine groups is 1. The first-order valence-corrected chi connectivity index (χ1v) is 7.22. The molecule has 20 heavy (non-hydrogen) atoms. The monoisotopic (exact) mass is 274 g/mol. The Bertz CT molecular complexity index is 494. The van der Waals surface area contributed by atoms with E-state index in [1.807, 2.05) is 0 Å². The van der Waals surface area contributed by atoms with Crippen LogP contribution < -0.4 is 10.6 Å². The molecule has 1 fully saturated rings. The fraction of sp³-hybridized carbons (Fsp3) is 0.533. The lowest BCUT2D eigenvalue weighted by atomic mass is 10.1. The summed E-state index contributed by atoms with van der Waals surface area (Å²) in [4.78, 5) is 8.99. The summed E-state index contributed by atoms with van der Waals surface area (Å²) in [6.07, 6.45) is 0.139. The molecule has 2 aliphatic rings. The first-order valence-electron chi connectivity index (χ1n) is 7.22. The molecule has 2 aliphatic heterocycles. The molecule has 1 aromatic carbocycles. The van der Waals surface area contributed by atoms with Crippen LogP contribution in [0.1, 0.15) is 5.56 Å². The number of anilines is 1. The van der Waals surface area contributed by atoms with Crippen LogP contribution in [0.25, 0.3) is 0 Å². The van der Waals surface area contributed by atoms with Crippen molar-refractivity contribution in [2.24, 2.45) is 10.7 Å². The van der Waals surface area contributed by atoms with Gasteiger partial charge in [0.05, 0.1) is 6.54 Å². The van der Waals surface area contributed by atoms with Crippen molar-refractivity contribution in [2.75, 3.05) is 44.2 Å². The Morgan fingerprint density at radius 1 is 1.25 bits per heavy atom. The molecule has 1 aromatic rings. The van der Waals surface area contributed by atoms with Crippen LogP contribution in [0.5, 0.6) is 0 Å². The Kier molecular flexibility index (Phi) is 3.78. The SMILES string of the molecule is Cc1ccccc1N1CCN(CC2CN=C(N)O2)CC1. The number of aliphatic imine (C=N–C) groups is 1. The molecule has 0 aromatic heterocycles. The Morgan fingerprint density at radius 2 is 2.00 bits per heavy atom. The molecular weight excluding hydrogens is 252 g/mol. The minimum absolute atomic E-state index is 0.139. The van der Waals surface area contributed by atoms with Crippen LogP contribution in [0.3, 0.4) is 0 Å². The normalized spacial score (nSPS) is 23.6. The number of rotatable bonds is 3. The van der Waals surface area contributed by atoms with Gasteiger partial charge in [-0.1, -0.05) is 18.2 Å². The van der Waals surface area contributed by atoms with Crippen LogP contribution in [-0.4, -0.2) is 56.3 Å². The Balaban J connectivity index is 1.51. The van der Waals surface area contributed by atoms with Crippen molar-refractivity contribution in [3.05, 3.63) is 29.8 Å². The molecule has 0 spiro atoms. The number of hydrogen-bond donors (Lipinski definition) is 1. The minimum Gasteiger partial charge on any atom is -0.459 e. The van der Waals surface area contributed by atoms with Crippen molar-refractivity contribution in [3.8, 4) is 0 Å². The van der Waals surface area contributed by atoms with Gasteiger partial charge in [-0.2, -0.15) is 0 Å². The van der Waals surface area contributed by atoms with Crippen LogP contribution >= 0.6 is 0 Å². The molecule has 0 aliphatic carbocycles. The van der Waals surface area contributed by atoms with Gasteiger partial charge in [0.25, 0.3) is 6.02 Å². The van der Waals surface area contributed by atoms with Gasteiger partial charge in [0.1, 0.15) is 6.10 Å². The molecule has 0 saturated carbocycles. The number of ether oxygens (including phenoxy) is 1. The Hall–Kier alpha value is -1.75. The topological polar surface area (TPSA) is 54.1 Å². The van der Waals surface area contributed by atoms with E-state index in [4.69, 9.17) is 10.5 Å². The van der Waals surface area contributed by atoms with E-state index in [2.05, 4.69) is 46.0 Å². The van der Waals surface area contributed by atoms with Crippen LogP contribution in [0.2, 0.25) is 0 Å². The van der Waals surface area contributed by atoms with Gasteiger partial charge in [0.2, 0.25) is 0 Å². The average Bonchev–Trinajstić information content (AvgIpc) is 2.86. The van der Waals surface area contributed by atoms with Gasteiger partial charge in [-0.15, -0.1) is 0 Å². The van der Waals surface area contributed by atoms with Gasteiger partial charge in [-0.25, -0.2) is 4.99 Å². The van der Waals surface area contributed by atoms with Crippen molar-refractivity contribution in [3.63, 3.8) is 0 Å². The summed E-state index contributed by atoms with van der Waals surface area (Å²) >= 11 is 0. The molecule has 1 unspecified atom stereocenters. The van der Waals surface area contributed by atoms with E-state index in [1.54, 1.807) is 0 Å². The highest BCUT2D eigenvalue weighted by Crippen LogP contribution is 2.21. The third kappa shape index (κ3) is 2.88. The summed E-state index contributed by atoms with van der Waals surface area (Å²) in [6, 6.07) is 8.93. The highest BCUT2D eigenvalue weighted by atomic mass is 16.5. The standard InChI is InChI=1S/C15H22N4O/c1-12-4-2-3-5-14(12)19-8-6-18(7-9-19)11-13-10-17-15(16)20-13/h2-5,13H,6-11H2,1H3,(H2,16,17). The Labute approximate surface area is 120 Å². The molecule has 0 radical (unpaired) electrons. The first-order chi connectivity index (χ1) is 9.72. The molecule has 2 N–H and O–H groups in total. The highest BCUT2D eigenvalue weighted by molar-refractivity contribution is 5.73. The lowest BCUT2D eigenvalue weighted by molar-refractivity contribution is 0.139. The van der Waals surface area contributed by atoms with E-state index >= 15 is 0 Å². The van der Waals surface area contributed by atoms with Crippen LogP contribution in [0.4, 0.5) is 5.69 Å². The summed E-state index contributed by atoms with van der Waals surface area (Å²) in [7, 11) is 0. The summed E-state index contributed by atoms with van der Waals surface area (Å²) in [5, 5.41) is 0.